The summed E-state index contributed by atoms with van der Waals surface area (Å²) >= 11 is 1.86. The van der Waals surface area contributed by atoms with Crippen molar-refractivity contribution >= 4 is 98.2 Å². The van der Waals surface area contributed by atoms with Crippen LogP contribution in [0.5, 0.6) is 0 Å². The molecule has 0 aliphatic rings. The van der Waals surface area contributed by atoms with Gasteiger partial charge in [-0.3, -0.25) is 0 Å². The van der Waals surface area contributed by atoms with E-state index in [0.717, 1.165) is 50.9 Å². The van der Waals surface area contributed by atoms with Gasteiger partial charge in [0, 0.05) is 60.1 Å². The quantitative estimate of drug-likeness (QED) is 0.151. The van der Waals surface area contributed by atoms with Crippen molar-refractivity contribution in [2.75, 3.05) is 9.80 Å². The average Bonchev–Trinajstić information content (AvgIpc) is 3.89. The van der Waals surface area contributed by atoms with Crippen molar-refractivity contribution in [3.63, 3.8) is 0 Å². The summed E-state index contributed by atoms with van der Waals surface area (Å²) in [5.74, 6) is 0. The Morgan fingerprint density at radius 1 is 0.323 bits per heavy atom. The van der Waals surface area contributed by atoms with Gasteiger partial charge in [-0.1, -0.05) is 152 Å². The number of benzene rings is 10. The van der Waals surface area contributed by atoms with Crippen molar-refractivity contribution < 1.29 is 0 Å². The van der Waals surface area contributed by atoms with E-state index in [0.29, 0.717) is 0 Å². The van der Waals surface area contributed by atoms with E-state index in [-0.39, 0.29) is 0 Å². The highest BCUT2D eigenvalue weighted by Gasteiger charge is 2.23. The number of nitrogens with zero attached hydrogens (tertiary/aromatic N) is 3. The summed E-state index contributed by atoms with van der Waals surface area (Å²) in [7, 11) is 0. The Morgan fingerprint density at radius 2 is 0.871 bits per heavy atom. The normalized spacial score (nSPS) is 11.5. The van der Waals surface area contributed by atoms with Crippen LogP contribution in [-0.2, 0) is 0 Å². The third kappa shape index (κ3) is 6.03. The summed E-state index contributed by atoms with van der Waals surface area (Å²) in [4.78, 5) is 4.88. The molecule has 12 rings (SSSR count). The van der Waals surface area contributed by atoms with Gasteiger partial charge in [0.25, 0.3) is 0 Å². The van der Waals surface area contributed by atoms with Crippen molar-refractivity contribution in [1.82, 2.24) is 4.57 Å². The molecule has 292 valence electrons. The van der Waals surface area contributed by atoms with E-state index >= 15 is 0 Å². The second kappa shape index (κ2) is 15.0. The van der Waals surface area contributed by atoms with Crippen molar-refractivity contribution in [3.8, 4) is 16.8 Å². The second-order valence-electron chi connectivity index (χ2n) is 15.8. The summed E-state index contributed by atoms with van der Waals surface area (Å²) in [6, 6.07) is 86.1. The third-order valence-electron chi connectivity index (χ3n) is 12.1. The molecule has 4 heteroatoms. The van der Waals surface area contributed by atoms with Gasteiger partial charge in [-0.05, 0) is 101 Å². The molecule has 0 spiro atoms. The van der Waals surface area contributed by atoms with E-state index < -0.39 is 0 Å². The predicted molar refractivity (Wildman–Crippen MR) is 266 cm³/mol. The Hall–Kier alpha value is -7.92. The highest BCUT2D eigenvalue weighted by atomic mass is 32.1. The smallest absolute Gasteiger partial charge is 0.0640 e. The molecular weight excluding hydrogens is 771 g/mol. The Kier molecular flexibility index (Phi) is 8.68. The zero-order valence-corrected chi connectivity index (χ0v) is 34.6. The SMILES string of the molecule is c1ccc(N(c2cc(-c3ccc4c5ccccc5n(-c5ccccc5)c4c3)cc(N(c3ccccc3)c3cccc4c3sc3ccccc34)c2)c2cccc3ccccc23)cc1. The molecule has 3 nitrogen and oxygen atoms in total. The highest BCUT2D eigenvalue weighted by Crippen LogP contribution is 2.48. The van der Waals surface area contributed by atoms with Crippen molar-refractivity contribution in [3.05, 3.63) is 237 Å². The molecule has 0 aliphatic carbocycles. The van der Waals surface area contributed by atoms with Gasteiger partial charge in [0.15, 0.2) is 0 Å². The third-order valence-corrected chi connectivity index (χ3v) is 13.3. The monoisotopic (exact) mass is 809 g/mol. The summed E-state index contributed by atoms with van der Waals surface area (Å²) in [5.41, 5.74) is 12.3. The fourth-order valence-corrected chi connectivity index (χ4v) is 10.6. The van der Waals surface area contributed by atoms with Crippen LogP contribution in [0.1, 0.15) is 0 Å². The summed E-state index contributed by atoms with van der Waals surface area (Å²) in [5, 5.41) is 7.41. The first-order valence-corrected chi connectivity index (χ1v) is 21.9. The van der Waals surface area contributed by atoms with Gasteiger partial charge in [0.2, 0.25) is 0 Å². The molecule has 62 heavy (non-hydrogen) atoms. The van der Waals surface area contributed by atoms with Gasteiger partial charge in [-0.15, -0.1) is 11.3 Å². The summed E-state index contributed by atoms with van der Waals surface area (Å²) < 4.78 is 4.95. The van der Waals surface area contributed by atoms with Crippen LogP contribution in [0, 0.1) is 0 Å². The Morgan fingerprint density at radius 3 is 1.63 bits per heavy atom. The Balaban J connectivity index is 1.17. The van der Waals surface area contributed by atoms with Crippen LogP contribution in [0.2, 0.25) is 0 Å². The van der Waals surface area contributed by atoms with Crippen molar-refractivity contribution in [2.45, 2.75) is 0 Å². The van der Waals surface area contributed by atoms with Crippen LogP contribution in [0.4, 0.5) is 34.1 Å². The lowest BCUT2D eigenvalue weighted by Crippen LogP contribution is -2.14. The second-order valence-corrected chi connectivity index (χ2v) is 16.8. The lowest BCUT2D eigenvalue weighted by molar-refractivity contribution is 1.18. The van der Waals surface area contributed by atoms with Crippen LogP contribution < -0.4 is 9.80 Å². The van der Waals surface area contributed by atoms with E-state index in [9.17, 15) is 0 Å². The van der Waals surface area contributed by atoms with Gasteiger partial charge in [0.1, 0.15) is 0 Å². The maximum absolute atomic E-state index is 2.45. The minimum atomic E-state index is 1.06. The molecular formula is C58H39N3S. The van der Waals surface area contributed by atoms with E-state index in [2.05, 4.69) is 251 Å². The van der Waals surface area contributed by atoms with Crippen LogP contribution in [0.3, 0.4) is 0 Å². The molecule has 10 aromatic carbocycles. The number of anilines is 6. The first-order valence-electron chi connectivity index (χ1n) is 21.1. The number of aromatic nitrogens is 1. The van der Waals surface area contributed by atoms with E-state index in [1.807, 2.05) is 11.3 Å². The molecule has 2 heterocycles. The predicted octanol–water partition coefficient (Wildman–Crippen LogP) is 16.9. The highest BCUT2D eigenvalue weighted by molar-refractivity contribution is 7.26. The molecule has 0 saturated heterocycles. The van der Waals surface area contributed by atoms with E-state index in [1.165, 1.54) is 52.8 Å². The Labute approximate surface area is 364 Å². The average molecular weight is 810 g/mol. The van der Waals surface area contributed by atoms with Crippen LogP contribution >= 0.6 is 11.3 Å². The minimum Gasteiger partial charge on any atom is -0.310 e. The first kappa shape index (κ1) is 36.0. The minimum absolute atomic E-state index is 1.06. The lowest BCUT2D eigenvalue weighted by atomic mass is 9.99. The molecule has 0 bridgehead atoms. The largest absolute Gasteiger partial charge is 0.310 e. The molecule has 0 N–H and O–H groups in total. The molecule has 0 atom stereocenters. The van der Waals surface area contributed by atoms with Crippen LogP contribution in [0.25, 0.3) is 69.6 Å². The van der Waals surface area contributed by atoms with Crippen molar-refractivity contribution in [1.29, 1.82) is 0 Å². The molecule has 0 aliphatic heterocycles. The molecule has 12 aromatic rings. The molecule has 0 saturated carbocycles. The fourth-order valence-electron chi connectivity index (χ4n) is 9.35. The summed E-state index contributed by atoms with van der Waals surface area (Å²) in [6.07, 6.45) is 0. The zero-order valence-electron chi connectivity index (χ0n) is 33.8. The molecule has 0 amide bonds. The van der Waals surface area contributed by atoms with Crippen molar-refractivity contribution in [2.24, 2.45) is 0 Å². The van der Waals surface area contributed by atoms with Gasteiger partial charge in [0.05, 0.1) is 27.1 Å². The molecule has 0 fully saturated rings. The van der Waals surface area contributed by atoms with Gasteiger partial charge < -0.3 is 14.4 Å². The summed E-state index contributed by atoms with van der Waals surface area (Å²) in [6.45, 7) is 0. The van der Waals surface area contributed by atoms with E-state index in [1.54, 1.807) is 0 Å². The number of thiophene rings is 1. The number of rotatable bonds is 8. The molecule has 0 radical (unpaired) electrons. The fraction of sp³-hybridized carbons (Fsp3) is 0. The zero-order chi connectivity index (χ0) is 41.0. The number of hydrogen-bond acceptors (Lipinski definition) is 3. The lowest BCUT2D eigenvalue weighted by Gasteiger charge is -2.31. The standard InChI is InChI=1S/C58H39N3S/c1-4-20-43(21-5-1)59(53-31-16-19-40-18-10-11-26-48(40)53)46-36-42(41-34-35-50-49-27-12-14-30-54(49)61(56(50)38-41)45-24-8-3-9-25-45)37-47(39-46)60(44-22-6-2-7-23-44)55-32-17-29-52-51-28-13-15-33-57(51)62-58(52)55/h1-39H. The van der Waals surface area contributed by atoms with E-state index in [4.69, 9.17) is 0 Å². The van der Waals surface area contributed by atoms with Crippen LogP contribution in [0.15, 0.2) is 237 Å². The Bertz CT molecular complexity index is 3590. The molecule has 0 unspecified atom stereocenters. The molecule has 2 aromatic heterocycles. The number of hydrogen-bond donors (Lipinski definition) is 0. The maximum atomic E-state index is 2.45. The maximum Gasteiger partial charge on any atom is 0.0640 e. The number of para-hydroxylation sites is 4. The van der Waals surface area contributed by atoms with Gasteiger partial charge >= 0.3 is 0 Å². The van der Waals surface area contributed by atoms with Gasteiger partial charge in [-0.2, -0.15) is 0 Å². The van der Waals surface area contributed by atoms with Crippen LogP contribution in [-0.4, -0.2) is 4.57 Å². The number of fused-ring (bicyclic) bond motifs is 7. The topological polar surface area (TPSA) is 11.4 Å². The van der Waals surface area contributed by atoms with Gasteiger partial charge in [-0.25, -0.2) is 0 Å². The first-order chi connectivity index (χ1) is 30.8.